The number of hydrogen-bond donors (Lipinski definition) is 0. The highest BCUT2D eigenvalue weighted by molar-refractivity contribution is 6.31. The van der Waals surface area contributed by atoms with Gasteiger partial charge in [-0.2, -0.15) is 0 Å². The summed E-state index contributed by atoms with van der Waals surface area (Å²) in [7, 11) is 7.82. The number of ether oxygens (including phenoxy) is 2. The first-order valence-electron chi connectivity index (χ1n) is 8.36. The van der Waals surface area contributed by atoms with Crippen molar-refractivity contribution in [2.45, 2.75) is 13.1 Å². The van der Waals surface area contributed by atoms with Crippen LogP contribution in [0.25, 0.3) is 0 Å². The Hall–Kier alpha value is -1.75. The summed E-state index contributed by atoms with van der Waals surface area (Å²) < 4.78 is 11.4. The summed E-state index contributed by atoms with van der Waals surface area (Å²) in [4.78, 5) is 4.30. The van der Waals surface area contributed by atoms with E-state index in [1.165, 1.54) is 5.56 Å². The number of rotatable bonds is 9. The third kappa shape index (κ3) is 5.92. The Morgan fingerprint density at radius 2 is 1.64 bits per heavy atom. The van der Waals surface area contributed by atoms with E-state index in [2.05, 4.69) is 22.9 Å². The van der Waals surface area contributed by atoms with Crippen LogP contribution in [0.4, 0.5) is 0 Å². The average Bonchev–Trinajstić information content (AvgIpc) is 2.58. The number of hydrogen-bond acceptors (Lipinski definition) is 4. The minimum Gasteiger partial charge on any atom is -0.496 e. The van der Waals surface area contributed by atoms with Gasteiger partial charge in [-0.3, -0.25) is 4.90 Å². The maximum atomic E-state index is 6.32. The molecule has 25 heavy (non-hydrogen) atoms. The Morgan fingerprint density at radius 3 is 2.36 bits per heavy atom. The van der Waals surface area contributed by atoms with E-state index in [0.29, 0.717) is 6.61 Å². The van der Waals surface area contributed by atoms with E-state index in [1.807, 2.05) is 50.5 Å². The predicted molar refractivity (Wildman–Crippen MR) is 104 cm³/mol. The molecular formula is C20H27ClN2O2. The van der Waals surface area contributed by atoms with Gasteiger partial charge in [0.25, 0.3) is 0 Å². The number of para-hydroxylation sites is 1. The van der Waals surface area contributed by atoms with E-state index in [9.17, 15) is 0 Å². The SMILES string of the molecule is COc1ccccc1CN(C)CCOc1cccc(Cl)c1CN(C)C. The van der Waals surface area contributed by atoms with E-state index in [4.69, 9.17) is 21.1 Å². The van der Waals surface area contributed by atoms with Gasteiger partial charge in [0, 0.05) is 35.8 Å². The summed E-state index contributed by atoms with van der Waals surface area (Å²) in [5.41, 5.74) is 2.20. The maximum absolute atomic E-state index is 6.32. The molecule has 2 aromatic carbocycles. The lowest BCUT2D eigenvalue weighted by Gasteiger charge is -2.20. The van der Waals surface area contributed by atoms with Crippen LogP contribution >= 0.6 is 11.6 Å². The molecule has 2 rings (SSSR count). The molecule has 0 aliphatic rings. The molecule has 0 unspecified atom stereocenters. The van der Waals surface area contributed by atoms with Crippen molar-refractivity contribution in [1.29, 1.82) is 0 Å². The fraction of sp³-hybridized carbons (Fsp3) is 0.400. The summed E-state index contributed by atoms with van der Waals surface area (Å²) in [5, 5.41) is 0.744. The van der Waals surface area contributed by atoms with Crippen LogP contribution in [0.1, 0.15) is 11.1 Å². The average molecular weight is 363 g/mol. The second-order valence-electron chi connectivity index (χ2n) is 6.35. The highest BCUT2D eigenvalue weighted by atomic mass is 35.5. The van der Waals surface area contributed by atoms with Crippen LogP contribution in [0.5, 0.6) is 11.5 Å². The van der Waals surface area contributed by atoms with E-state index in [1.54, 1.807) is 7.11 Å². The van der Waals surface area contributed by atoms with E-state index < -0.39 is 0 Å². The topological polar surface area (TPSA) is 24.9 Å². The third-order valence-corrected chi connectivity index (χ3v) is 4.27. The Morgan fingerprint density at radius 1 is 0.920 bits per heavy atom. The molecular weight excluding hydrogens is 336 g/mol. The van der Waals surface area contributed by atoms with Crippen molar-refractivity contribution in [2.75, 3.05) is 41.4 Å². The molecule has 0 amide bonds. The van der Waals surface area contributed by atoms with Crippen LogP contribution in [0.15, 0.2) is 42.5 Å². The monoisotopic (exact) mass is 362 g/mol. The molecule has 0 saturated carbocycles. The summed E-state index contributed by atoms with van der Waals surface area (Å²) in [6.07, 6.45) is 0. The van der Waals surface area contributed by atoms with Gasteiger partial charge in [0.05, 0.1) is 7.11 Å². The molecule has 0 N–H and O–H groups in total. The molecule has 0 saturated heterocycles. The second kappa shape index (κ2) is 9.66. The summed E-state index contributed by atoms with van der Waals surface area (Å²) in [6.45, 7) is 2.98. The first-order valence-corrected chi connectivity index (χ1v) is 8.74. The van der Waals surface area contributed by atoms with E-state index in [0.717, 1.165) is 41.7 Å². The molecule has 0 fully saturated rings. The van der Waals surface area contributed by atoms with Crippen molar-refractivity contribution in [3.8, 4) is 11.5 Å². The Bertz CT molecular complexity index is 676. The second-order valence-corrected chi connectivity index (χ2v) is 6.76. The molecule has 4 nitrogen and oxygen atoms in total. The van der Waals surface area contributed by atoms with Crippen molar-refractivity contribution in [2.24, 2.45) is 0 Å². The number of nitrogens with zero attached hydrogens (tertiary/aromatic N) is 2. The number of benzene rings is 2. The van der Waals surface area contributed by atoms with Gasteiger partial charge in [-0.15, -0.1) is 0 Å². The number of likely N-dealkylation sites (N-methyl/N-ethyl adjacent to an activating group) is 1. The molecule has 0 aromatic heterocycles. The van der Waals surface area contributed by atoms with Crippen molar-refractivity contribution in [3.63, 3.8) is 0 Å². The van der Waals surface area contributed by atoms with Gasteiger partial charge >= 0.3 is 0 Å². The first-order chi connectivity index (χ1) is 12.0. The molecule has 0 spiro atoms. The number of halogens is 1. The maximum Gasteiger partial charge on any atom is 0.125 e. The van der Waals surface area contributed by atoms with Crippen molar-refractivity contribution >= 4 is 11.6 Å². The molecule has 0 aliphatic carbocycles. The minimum atomic E-state index is 0.604. The molecule has 136 valence electrons. The predicted octanol–water partition coefficient (Wildman–Crippen LogP) is 3.92. The zero-order valence-corrected chi connectivity index (χ0v) is 16.2. The van der Waals surface area contributed by atoms with Crippen LogP contribution in [0.3, 0.4) is 0 Å². The minimum absolute atomic E-state index is 0.604. The highest BCUT2D eigenvalue weighted by Gasteiger charge is 2.10. The molecule has 5 heteroatoms. The smallest absolute Gasteiger partial charge is 0.125 e. The Labute approximate surface area is 155 Å². The quantitative estimate of drug-likeness (QED) is 0.675. The lowest BCUT2D eigenvalue weighted by Crippen LogP contribution is -2.24. The van der Waals surface area contributed by atoms with Gasteiger partial charge in [-0.25, -0.2) is 0 Å². The number of methoxy groups -OCH3 is 1. The van der Waals surface area contributed by atoms with Crippen LogP contribution in [0.2, 0.25) is 5.02 Å². The molecule has 0 radical (unpaired) electrons. The molecule has 0 atom stereocenters. The lowest BCUT2D eigenvalue weighted by atomic mass is 10.2. The van der Waals surface area contributed by atoms with Gasteiger partial charge in [-0.1, -0.05) is 35.9 Å². The van der Waals surface area contributed by atoms with E-state index >= 15 is 0 Å². The first kappa shape index (κ1) is 19.6. The zero-order chi connectivity index (χ0) is 18.2. The molecule has 2 aromatic rings. The summed E-state index contributed by atoms with van der Waals surface area (Å²) in [6, 6.07) is 13.9. The van der Waals surface area contributed by atoms with Crippen molar-refractivity contribution in [1.82, 2.24) is 9.80 Å². The van der Waals surface area contributed by atoms with E-state index in [-0.39, 0.29) is 0 Å². The normalized spacial score (nSPS) is 11.2. The van der Waals surface area contributed by atoms with Crippen LogP contribution in [-0.2, 0) is 13.1 Å². The zero-order valence-electron chi connectivity index (χ0n) is 15.5. The van der Waals surface area contributed by atoms with Crippen LogP contribution < -0.4 is 9.47 Å². The highest BCUT2D eigenvalue weighted by Crippen LogP contribution is 2.27. The molecule has 0 bridgehead atoms. The van der Waals surface area contributed by atoms with Crippen molar-refractivity contribution < 1.29 is 9.47 Å². The van der Waals surface area contributed by atoms with Gasteiger partial charge in [-0.05, 0) is 39.3 Å². The third-order valence-electron chi connectivity index (χ3n) is 3.91. The summed E-state index contributed by atoms with van der Waals surface area (Å²) in [5.74, 6) is 1.77. The molecule has 0 heterocycles. The van der Waals surface area contributed by atoms with Crippen LogP contribution in [-0.4, -0.2) is 51.2 Å². The lowest BCUT2D eigenvalue weighted by molar-refractivity contribution is 0.228. The fourth-order valence-electron chi connectivity index (χ4n) is 2.66. The van der Waals surface area contributed by atoms with Gasteiger partial charge in [0.15, 0.2) is 0 Å². The standard InChI is InChI=1S/C20H27ClN2O2/c1-22(2)15-17-18(21)9-7-11-20(17)25-13-12-23(3)14-16-8-5-6-10-19(16)24-4/h5-11H,12-15H2,1-4H3. The van der Waals surface area contributed by atoms with Crippen LogP contribution in [0, 0.1) is 0 Å². The van der Waals surface area contributed by atoms with Gasteiger partial charge in [0.2, 0.25) is 0 Å². The molecule has 0 aliphatic heterocycles. The van der Waals surface area contributed by atoms with Gasteiger partial charge < -0.3 is 14.4 Å². The fourth-order valence-corrected chi connectivity index (χ4v) is 2.88. The Balaban J connectivity index is 1.91. The largest absolute Gasteiger partial charge is 0.496 e. The van der Waals surface area contributed by atoms with Gasteiger partial charge in [0.1, 0.15) is 18.1 Å². The van der Waals surface area contributed by atoms with Crippen molar-refractivity contribution in [3.05, 3.63) is 58.6 Å². The Kier molecular flexibility index (Phi) is 7.56. The summed E-state index contributed by atoms with van der Waals surface area (Å²) >= 11 is 6.32.